The minimum absolute atomic E-state index is 0.701. The Kier molecular flexibility index (Phi) is 3.95. The van der Waals surface area contributed by atoms with Crippen molar-refractivity contribution in [3.05, 3.63) is 0 Å². The van der Waals surface area contributed by atoms with E-state index in [1.807, 2.05) is 11.8 Å². The highest BCUT2D eigenvalue weighted by Crippen LogP contribution is 2.28. The second-order valence-electron chi connectivity index (χ2n) is 4.93. The van der Waals surface area contributed by atoms with Gasteiger partial charge in [-0.05, 0) is 31.6 Å². The van der Waals surface area contributed by atoms with Crippen LogP contribution in [0.25, 0.3) is 0 Å². The zero-order valence-corrected chi connectivity index (χ0v) is 10.6. The molecular formula is C12H22N2S. The summed E-state index contributed by atoms with van der Waals surface area (Å²) >= 11 is 1.96. The molecule has 1 saturated carbocycles. The predicted molar refractivity (Wildman–Crippen MR) is 68.5 cm³/mol. The molecule has 3 atom stereocenters. The molecule has 86 valence electrons. The summed E-state index contributed by atoms with van der Waals surface area (Å²) in [6.07, 6.45) is 6.63. The highest BCUT2D eigenvalue weighted by atomic mass is 32.2. The van der Waals surface area contributed by atoms with Crippen LogP contribution in [0.5, 0.6) is 0 Å². The van der Waals surface area contributed by atoms with Crippen LogP contribution in [-0.2, 0) is 0 Å². The van der Waals surface area contributed by atoms with Crippen LogP contribution in [0.1, 0.15) is 46.0 Å². The summed E-state index contributed by atoms with van der Waals surface area (Å²) in [7, 11) is 0. The number of thioether (sulfide) groups is 1. The van der Waals surface area contributed by atoms with Crippen molar-refractivity contribution in [1.82, 2.24) is 5.32 Å². The monoisotopic (exact) mass is 226 g/mol. The molecule has 0 aromatic rings. The molecule has 2 aliphatic rings. The number of hydrogen-bond acceptors (Lipinski definition) is 3. The van der Waals surface area contributed by atoms with Gasteiger partial charge in [0.25, 0.3) is 0 Å². The molecule has 0 radical (unpaired) electrons. The molecule has 0 bridgehead atoms. The molecule has 2 nitrogen and oxygen atoms in total. The van der Waals surface area contributed by atoms with Crippen molar-refractivity contribution in [3.63, 3.8) is 0 Å². The van der Waals surface area contributed by atoms with Crippen LogP contribution in [0.4, 0.5) is 0 Å². The third kappa shape index (κ3) is 3.13. The first kappa shape index (κ1) is 11.3. The summed E-state index contributed by atoms with van der Waals surface area (Å²) in [6, 6.07) is 0.701. The lowest BCUT2D eigenvalue weighted by Gasteiger charge is -2.13. The minimum Gasteiger partial charge on any atom is -0.362 e. The smallest absolute Gasteiger partial charge is 0.157 e. The van der Waals surface area contributed by atoms with E-state index >= 15 is 0 Å². The first-order valence-electron chi connectivity index (χ1n) is 6.25. The highest BCUT2D eigenvalue weighted by molar-refractivity contribution is 8.14. The van der Waals surface area contributed by atoms with Crippen molar-refractivity contribution >= 4 is 16.9 Å². The first-order chi connectivity index (χ1) is 7.28. The highest BCUT2D eigenvalue weighted by Gasteiger charge is 2.25. The van der Waals surface area contributed by atoms with Gasteiger partial charge in [-0.25, -0.2) is 0 Å². The van der Waals surface area contributed by atoms with E-state index in [1.165, 1.54) is 37.3 Å². The lowest BCUT2D eigenvalue weighted by atomic mass is 10.1. The van der Waals surface area contributed by atoms with E-state index in [2.05, 4.69) is 24.2 Å². The van der Waals surface area contributed by atoms with Gasteiger partial charge in [0, 0.05) is 11.3 Å². The molecule has 0 aromatic heterocycles. The second kappa shape index (κ2) is 5.24. The molecule has 1 aliphatic heterocycles. The van der Waals surface area contributed by atoms with Gasteiger partial charge in [0.15, 0.2) is 5.17 Å². The van der Waals surface area contributed by atoms with Crippen molar-refractivity contribution in [2.45, 2.75) is 57.2 Å². The average Bonchev–Trinajstić information content (AvgIpc) is 2.78. The molecular weight excluding hydrogens is 204 g/mol. The quantitative estimate of drug-likeness (QED) is 0.800. The van der Waals surface area contributed by atoms with E-state index in [9.17, 15) is 0 Å². The number of nitrogens with one attached hydrogen (secondary N) is 1. The summed E-state index contributed by atoms with van der Waals surface area (Å²) in [5.41, 5.74) is 0. The fraction of sp³-hybridized carbons (Fsp3) is 0.917. The van der Waals surface area contributed by atoms with E-state index in [-0.39, 0.29) is 0 Å². The molecule has 1 aliphatic carbocycles. The molecule has 1 heterocycles. The zero-order valence-electron chi connectivity index (χ0n) is 9.83. The Morgan fingerprint density at radius 3 is 3.00 bits per heavy atom. The molecule has 1 N–H and O–H groups in total. The van der Waals surface area contributed by atoms with Crippen LogP contribution in [0.2, 0.25) is 0 Å². The molecule has 3 unspecified atom stereocenters. The van der Waals surface area contributed by atoms with E-state index < -0.39 is 0 Å². The molecule has 2 rings (SSSR count). The maximum Gasteiger partial charge on any atom is 0.157 e. The lowest BCUT2D eigenvalue weighted by Crippen LogP contribution is -2.30. The molecule has 0 aromatic carbocycles. The third-order valence-corrected chi connectivity index (χ3v) is 4.54. The van der Waals surface area contributed by atoms with Crippen molar-refractivity contribution in [1.29, 1.82) is 0 Å². The number of nitrogens with zero attached hydrogens (tertiary/aromatic N) is 1. The van der Waals surface area contributed by atoms with Crippen molar-refractivity contribution in [2.24, 2.45) is 10.9 Å². The fourth-order valence-electron chi connectivity index (χ4n) is 2.48. The number of rotatable bonds is 3. The summed E-state index contributed by atoms with van der Waals surface area (Å²) in [4.78, 5) is 4.59. The van der Waals surface area contributed by atoms with Crippen LogP contribution in [0.3, 0.4) is 0 Å². The maximum atomic E-state index is 4.59. The van der Waals surface area contributed by atoms with Crippen molar-refractivity contribution in [2.75, 3.05) is 6.54 Å². The number of amidine groups is 1. The Balaban J connectivity index is 1.72. The van der Waals surface area contributed by atoms with Gasteiger partial charge < -0.3 is 5.32 Å². The molecule has 1 fully saturated rings. The molecule has 0 amide bonds. The summed E-state index contributed by atoms with van der Waals surface area (Å²) < 4.78 is 0. The van der Waals surface area contributed by atoms with Gasteiger partial charge in [0.2, 0.25) is 0 Å². The van der Waals surface area contributed by atoms with E-state index in [0.717, 1.165) is 17.7 Å². The molecule has 3 heteroatoms. The largest absolute Gasteiger partial charge is 0.362 e. The van der Waals surface area contributed by atoms with Gasteiger partial charge in [-0.1, -0.05) is 32.0 Å². The SMILES string of the molecule is CCCC1CN=C(NC2CCC(C)C2)S1. The normalized spacial score (nSPS) is 35.6. The van der Waals surface area contributed by atoms with Crippen LogP contribution in [-0.4, -0.2) is 23.0 Å². The van der Waals surface area contributed by atoms with E-state index in [1.54, 1.807) is 0 Å². The fourth-order valence-corrected chi connectivity index (χ4v) is 3.68. The Bertz CT molecular complexity index is 240. The topological polar surface area (TPSA) is 24.4 Å². The van der Waals surface area contributed by atoms with Gasteiger partial charge in [-0.3, -0.25) is 4.99 Å². The number of aliphatic imine (C=N–C) groups is 1. The molecule has 0 spiro atoms. The van der Waals surface area contributed by atoms with Gasteiger partial charge in [0.1, 0.15) is 0 Å². The second-order valence-corrected chi connectivity index (χ2v) is 6.22. The Morgan fingerprint density at radius 1 is 1.47 bits per heavy atom. The summed E-state index contributed by atoms with van der Waals surface area (Å²) in [6.45, 7) is 5.64. The van der Waals surface area contributed by atoms with E-state index in [4.69, 9.17) is 0 Å². The summed E-state index contributed by atoms with van der Waals surface area (Å²) in [5.74, 6) is 0.904. The Labute approximate surface area is 97.3 Å². The van der Waals surface area contributed by atoms with Gasteiger partial charge in [-0.2, -0.15) is 0 Å². The third-order valence-electron chi connectivity index (χ3n) is 3.35. The molecule has 0 saturated heterocycles. The predicted octanol–water partition coefficient (Wildman–Crippen LogP) is 3.04. The Hall–Kier alpha value is -0.180. The van der Waals surface area contributed by atoms with Gasteiger partial charge in [0.05, 0.1) is 6.54 Å². The standard InChI is InChI=1S/C12H22N2S/c1-3-4-11-8-13-12(15-11)14-10-6-5-9(2)7-10/h9-11H,3-8H2,1-2H3,(H,13,14). The van der Waals surface area contributed by atoms with Crippen LogP contribution in [0, 0.1) is 5.92 Å². The van der Waals surface area contributed by atoms with Gasteiger partial charge >= 0.3 is 0 Å². The van der Waals surface area contributed by atoms with Crippen LogP contribution in [0.15, 0.2) is 4.99 Å². The first-order valence-corrected chi connectivity index (χ1v) is 7.13. The van der Waals surface area contributed by atoms with Crippen molar-refractivity contribution in [3.8, 4) is 0 Å². The average molecular weight is 226 g/mol. The van der Waals surface area contributed by atoms with Crippen LogP contribution >= 0.6 is 11.8 Å². The van der Waals surface area contributed by atoms with E-state index in [0.29, 0.717) is 6.04 Å². The van der Waals surface area contributed by atoms with Crippen molar-refractivity contribution < 1.29 is 0 Å². The maximum absolute atomic E-state index is 4.59. The minimum atomic E-state index is 0.701. The summed E-state index contributed by atoms with van der Waals surface area (Å²) in [5, 5.41) is 5.57. The molecule has 15 heavy (non-hydrogen) atoms. The van der Waals surface area contributed by atoms with Gasteiger partial charge in [-0.15, -0.1) is 0 Å². The Morgan fingerprint density at radius 2 is 2.33 bits per heavy atom. The van der Waals surface area contributed by atoms with Crippen LogP contribution < -0.4 is 5.32 Å². The zero-order chi connectivity index (χ0) is 10.7. The number of hydrogen-bond donors (Lipinski definition) is 1. The lowest BCUT2D eigenvalue weighted by molar-refractivity contribution is 0.572.